The molecule has 132 valence electrons. The van der Waals surface area contributed by atoms with Crippen LogP contribution >= 0.6 is 0 Å². The summed E-state index contributed by atoms with van der Waals surface area (Å²) in [6.45, 7) is 8.04. The van der Waals surface area contributed by atoms with E-state index in [-0.39, 0.29) is 17.9 Å². The highest BCUT2D eigenvalue weighted by molar-refractivity contribution is 5.80. The molecular weight excluding hydrogens is 290 g/mol. The molecule has 3 fully saturated rings. The standard InChI is InChI=1S/C18H33N3O2/c1-12(2)23-10-9-21-7-5-15(6-8-21)20-18(22)16-13-3-4-14(11-13)17(16)19/h12-17H,3-11,19H2,1-2H3,(H,20,22). The summed E-state index contributed by atoms with van der Waals surface area (Å²) in [7, 11) is 0. The van der Waals surface area contributed by atoms with E-state index in [4.69, 9.17) is 10.5 Å². The number of ether oxygens (including phenoxy) is 1. The smallest absolute Gasteiger partial charge is 0.225 e. The minimum Gasteiger partial charge on any atom is -0.377 e. The van der Waals surface area contributed by atoms with Gasteiger partial charge in [0.15, 0.2) is 0 Å². The Morgan fingerprint density at radius 2 is 1.91 bits per heavy atom. The van der Waals surface area contributed by atoms with Crippen LogP contribution in [-0.4, -0.2) is 55.2 Å². The summed E-state index contributed by atoms with van der Waals surface area (Å²) in [5, 5.41) is 3.29. The molecule has 3 N–H and O–H groups in total. The first-order chi connectivity index (χ1) is 11.0. The van der Waals surface area contributed by atoms with Crippen molar-refractivity contribution in [3.8, 4) is 0 Å². The topological polar surface area (TPSA) is 67.6 Å². The Labute approximate surface area is 140 Å². The number of hydrogen-bond acceptors (Lipinski definition) is 4. The van der Waals surface area contributed by atoms with Crippen LogP contribution in [0.1, 0.15) is 46.0 Å². The molecule has 1 aliphatic heterocycles. The average molecular weight is 323 g/mol. The van der Waals surface area contributed by atoms with E-state index < -0.39 is 0 Å². The second-order valence-corrected chi connectivity index (χ2v) is 7.98. The van der Waals surface area contributed by atoms with Crippen LogP contribution in [0.5, 0.6) is 0 Å². The Hall–Kier alpha value is -0.650. The van der Waals surface area contributed by atoms with Gasteiger partial charge in [-0.1, -0.05) is 0 Å². The zero-order valence-electron chi connectivity index (χ0n) is 14.7. The third-order valence-electron chi connectivity index (χ3n) is 6.08. The number of hydrogen-bond donors (Lipinski definition) is 2. The van der Waals surface area contributed by atoms with Gasteiger partial charge in [0.05, 0.1) is 18.6 Å². The molecule has 0 aromatic carbocycles. The Kier molecular flexibility index (Phi) is 5.60. The molecule has 1 amide bonds. The largest absolute Gasteiger partial charge is 0.377 e. The number of nitrogens with zero attached hydrogens (tertiary/aromatic N) is 1. The monoisotopic (exact) mass is 323 g/mol. The lowest BCUT2D eigenvalue weighted by Gasteiger charge is -2.34. The van der Waals surface area contributed by atoms with Gasteiger partial charge in [-0.2, -0.15) is 0 Å². The maximum atomic E-state index is 12.6. The normalized spacial score (nSPS) is 35.1. The first kappa shape index (κ1) is 17.2. The number of nitrogens with two attached hydrogens (primary N) is 1. The summed E-state index contributed by atoms with van der Waals surface area (Å²) in [6, 6.07) is 0.429. The highest BCUT2D eigenvalue weighted by Crippen LogP contribution is 2.47. The molecule has 5 nitrogen and oxygen atoms in total. The van der Waals surface area contributed by atoms with E-state index in [2.05, 4.69) is 24.1 Å². The van der Waals surface area contributed by atoms with Crippen LogP contribution in [0.15, 0.2) is 0 Å². The van der Waals surface area contributed by atoms with E-state index in [0.717, 1.165) is 39.1 Å². The maximum Gasteiger partial charge on any atom is 0.225 e. The van der Waals surface area contributed by atoms with Crippen LogP contribution in [0.2, 0.25) is 0 Å². The van der Waals surface area contributed by atoms with Crippen LogP contribution in [0.4, 0.5) is 0 Å². The average Bonchev–Trinajstić information content (AvgIpc) is 3.09. The number of carbonyl (C=O) groups is 1. The quantitative estimate of drug-likeness (QED) is 0.775. The first-order valence-electron chi connectivity index (χ1n) is 9.44. The van der Waals surface area contributed by atoms with Gasteiger partial charge in [-0.05, 0) is 57.8 Å². The SMILES string of the molecule is CC(C)OCCN1CCC(NC(=O)C2C3CCC(C3)C2N)CC1. The Morgan fingerprint density at radius 1 is 1.22 bits per heavy atom. The summed E-state index contributed by atoms with van der Waals surface area (Å²) < 4.78 is 5.62. The molecule has 0 aromatic rings. The molecular formula is C18H33N3O2. The summed E-state index contributed by atoms with van der Waals surface area (Å²) in [5.41, 5.74) is 6.29. The third kappa shape index (κ3) is 4.06. The zero-order valence-corrected chi connectivity index (χ0v) is 14.7. The number of nitrogens with one attached hydrogen (secondary N) is 1. The Morgan fingerprint density at radius 3 is 2.52 bits per heavy atom. The molecule has 4 unspecified atom stereocenters. The fourth-order valence-corrected chi connectivity index (χ4v) is 4.74. The van der Waals surface area contributed by atoms with Gasteiger partial charge in [-0.3, -0.25) is 4.79 Å². The zero-order chi connectivity index (χ0) is 16.4. The molecule has 4 atom stereocenters. The van der Waals surface area contributed by atoms with Gasteiger partial charge < -0.3 is 20.7 Å². The Balaban J connectivity index is 1.38. The number of carbonyl (C=O) groups excluding carboxylic acids is 1. The van der Waals surface area contributed by atoms with Gasteiger partial charge in [0, 0.05) is 31.7 Å². The molecule has 2 bridgehead atoms. The Bertz CT molecular complexity index is 405. The molecule has 3 rings (SSSR count). The van der Waals surface area contributed by atoms with Crippen molar-refractivity contribution in [2.45, 2.75) is 64.1 Å². The van der Waals surface area contributed by atoms with Crippen molar-refractivity contribution in [1.29, 1.82) is 0 Å². The number of likely N-dealkylation sites (tertiary alicyclic amines) is 1. The lowest BCUT2D eigenvalue weighted by atomic mass is 9.84. The second kappa shape index (κ2) is 7.49. The molecule has 1 saturated heterocycles. The van der Waals surface area contributed by atoms with Crippen LogP contribution in [0.3, 0.4) is 0 Å². The predicted molar refractivity (Wildman–Crippen MR) is 91.0 cm³/mol. The van der Waals surface area contributed by atoms with Crippen LogP contribution < -0.4 is 11.1 Å². The second-order valence-electron chi connectivity index (χ2n) is 7.98. The van der Waals surface area contributed by atoms with Crippen molar-refractivity contribution in [1.82, 2.24) is 10.2 Å². The van der Waals surface area contributed by atoms with Gasteiger partial charge in [0.1, 0.15) is 0 Å². The van der Waals surface area contributed by atoms with Crippen molar-refractivity contribution in [2.75, 3.05) is 26.2 Å². The molecule has 0 radical (unpaired) electrons. The predicted octanol–water partition coefficient (Wildman–Crippen LogP) is 1.37. The number of rotatable bonds is 6. The van der Waals surface area contributed by atoms with Gasteiger partial charge in [-0.25, -0.2) is 0 Å². The van der Waals surface area contributed by atoms with E-state index in [0.29, 0.717) is 24.0 Å². The molecule has 0 spiro atoms. The fourth-order valence-electron chi connectivity index (χ4n) is 4.74. The van der Waals surface area contributed by atoms with Gasteiger partial charge in [0.2, 0.25) is 5.91 Å². The van der Waals surface area contributed by atoms with Crippen molar-refractivity contribution < 1.29 is 9.53 Å². The van der Waals surface area contributed by atoms with E-state index in [9.17, 15) is 4.79 Å². The van der Waals surface area contributed by atoms with Crippen molar-refractivity contribution in [3.63, 3.8) is 0 Å². The highest BCUT2D eigenvalue weighted by atomic mass is 16.5. The molecule has 5 heteroatoms. The highest BCUT2D eigenvalue weighted by Gasteiger charge is 2.49. The number of piperidine rings is 1. The molecule has 2 saturated carbocycles. The van der Waals surface area contributed by atoms with Gasteiger partial charge >= 0.3 is 0 Å². The van der Waals surface area contributed by atoms with E-state index >= 15 is 0 Å². The van der Waals surface area contributed by atoms with E-state index in [1.807, 2.05) is 0 Å². The third-order valence-corrected chi connectivity index (χ3v) is 6.08. The lowest BCUT2D eigenvalue weighted by Crippen LogP contribution is -2.51. The number of amides is 1. The van der Waals surface area contributed by atoms with E-state index in [1.165, 1.54) is 19.3 Å². The van der Waals surface area contributed by atoms with Crippen molar-refractivity contribution in [3.05, 3.63) is 0 Å². The maximum absolute atomic E-state index is 12.6. The first-order valence-corrected chi connectivity index (χ1v) is 9.44. The van der Waals surface area contributed by atoms with Crippen LogP contribution in [0, 0.1) is 17.8 Å². The number of fused-ring (bicyclic) bond motifs is 2. The summed E-state index contributed by atoms with van der Waals surface area (Å²) in [6.07, 6.45) is 6.00. The molecule has 0 aromatic heterocycles. The van der Waals surface area contributed by atoms with E-state index in [1.54, 1.807) is 0 Å². The lowest BCUT2D eigenvalue weighted by molar-refractivity contribution is -0.128. The minimum atomic E-state index is 0.0752. The minimum absolute atomic E-state index is 0.0752. The molecule has 3 aliphatic rings. The summed E-state index contributed by atoms with van der Waals surface area (Å²) in [5.74, 6) is 1.44. The van der Waals surface area contributed by atoms with Crippen molar-refractivity contribution >= 4 is 5.91 Å². The van der Waals surface area contributed by atoms with Gasteiger partial charge in [-0.15, -0.1) is 0 Å². The molecule has 2 aliphatic carbocycles. The fraction of sp³-hybridized carbons (Fsp3) is 0.944. The summed E-state index contributed by atoms with van der Waals surface area (Å²) in [4.78, 5) is 15.1. The van der Waals surface area contributed by atoms with Crippen LogP contribution in [-0.2, 0) is 9.53 Å². The summed E-state index contributed by atoms with van der Waals surface area (Å²) >= 11 is 0. The van der Waals surface area contributed by atoms with Gasteiger partial charge in [0.25, 0.3) is 0 Å². The molecule has 1 heterocycles. The van der Waals surface area contributed by atoms with Crippen molar-refractivity contribution in [2.24, 2.45) is 23.5 Å². The molecule has 23 heavy (non-hydrogen) atoms. The van der Waals surface area contributed by atoms with Crippen LogP contribution in [0.25, 0.3) is 0 Å².